The van der Waals surface area contributed by atoms with Crippen molar-refractivity contribution in [1.29, 1.82) is 0 Å². The van der Waals surface area contributed by atoms with Gasteiger partial charge in [0.05, 0.1) is 18.5 Å². The highest BCUT2D eigenvalue weighted by atomic mass is 32.1. The number of carbonyl (C=O) groups is 1. The monoisotopic (exact) mass is 340 g/mol. The summed E-state index contributed by atoms with van der Waals surface area (Å²) in [6, 6.07) is 13.1. The lowest BCUT2D eigenvalue weighted by Gasteiger charge is -2.02. The molecule has 6 heteroatoms. The van der Waals surface area contributed by atoms with Crippen molar-refractivity contribution in [2.45, 2.75) is 13.5 Å². The molecule has 0 aliphatic carbocycles. The smallest absolute Gasteiger partial charge is 0.350 e. The van der Waals surface area contributed by atoms with Gasteiger partial charge in [0.1, 0.15) is 22.2 Å². The Kier molecular flexibility index (Phi) is 4.86. The number of hydrogen-bond acceptors (Lipinski definition) is 6. The minimum atomic E-state index is -0.379. The third kappa shape index (κ3) is 3.60. The molecule has 0 unspecified atom stereocenters. The van der Waals surface area contributed by atoms with Gasteiger partial charge in [0.15, 0.2) is 0 Å². The Morgan fingerprint density at radius 3 is 2.62 bits per heavy atom. The number of thiazole rings is 1. The zero-order valence-corrected chi connectivity index (χ0v) is 14.2. The minimum absolute atomic E-state index is 0.148. The SMILES string of the molecule is COc1ccc(-c2nc(C)c(C(=O)OCc3ccccn3)s2)cc1. The highest BCUT2D eigenvalue weighted by molar-refractivity contribution is 7.17. The van der Waals surface area contributed by atoms with Crippen molar-refractivity contribution in [3.8, 4) is 16.3 Å². The Labute approximate surface area is 143 Å². The molecule has 0 bridgehead atoms. The number of hydrogen-bond donors (Lipinski definition) is 0. The first-order valence-electron chi connectivity index (χ1n) is 7.36. The summed E-state index contributed by atoms with van der Waals surface area (Å²) in [5, 5.41) is 0.778. The van der Waals surface area contributed by atoms with Crippen LogP contribution in [0.2, 0.25) is 0 Å². The molecule has 0 saturated heterocycles. The quantitative estimate of drug-likeness (QED) is 0.660. The maximum absolute atomic E-state index is 12.3. The van der Waals surface area contributed by atoms with Crippen molar-refractivity contribution >= 4 is 17.3 Å². The molecule has 0 amide bonds. The maximum atomic E-state index is 12.3. The summed E-state index contributed by atoms with van der Waals surface area (Å²) in [6.45, 7) is 1.95. The van der Waals surface area contributed by atoms with Gasteiger partial charge >= 0.3 is 5.97 Å². The summed E-state index contributed by atoms with van der Waals surface area (Å²) < 4.78 is 10.5. The number of rotatable bonds is 5. The number of ether oxygens (including phenoxy) is 2. The second kappa shape index (κ2) is 7.23. The fraction of sp³-hybridized carbons (Fsp3) is 0.167. The standard InChI is InChI=1S/C18H16N2O3S/c1-12-16(18(21)23-11-14-5-3-4-10-19-14)24-17(20-12)13-6-8-15(22-2)9-7-13/h3-10H,11H2,1-2H3. The molecule has 5 nitrogen and oxygen atoms in total. The van der Waals surface area contributed by atoms with E-state index in [0.717, 1.165) is 16.3 Å². The molecule has 0 fully saturated rings. The number of carbonyl (C=O) groups excluding carboxylic acids is 1. The van der Waals surface area contributed by atoms with E-state index in [1.54, 1.807) is 20.2 Å². The summed E-state index contributed by atoms with van der Waals surface area (Å²) in [7, 11) is 1.62. The fourth-order valence-electron chi connectivity index (χ4n) is 2.13. The molecule has 24 heavy (non-hydrogen) atoms. The van der Waals surface area contributed by atoms with E-state index < -0.39 is 0 Å². The molecule has 0 spiro atoms. The van der Waals surface area contributed by atoms with Crippen LogP contribution < -0.4 is 4.74 Å². The van der Waals surface area contributed by atoms with Crippen LogP contribution in [0.25, 0.3) is 10.6 Å². The van der Waals surface area contributed by atoms with Gasteiger partial charge in [-0.15, -0.1) is 11.3 Å². The van der Waals surface area contributed by atoms with Gasteiger partial charge in [-0.3, -0.25) is 4.98 Å². The van der Waals surface area contributed by atoms with Crippen LogP contribution in [0.15, 0.2) is 48.7 Å². The number of benzene rings is 1. The van der Waals surface area contributed by atoms with Gasteiger partial charge in [-0.05, 0) is 43.3 Å². The van der Waals surface area contributed by atoms with E-state index in [1.807, 2.05) is 42.5 Å². The molecule has 0 aliphatic rings. The van der Waals surface area contributed by atoms with Crippen LogP contribution in [0.1, 0.15) is 21.1 Å². The average molecular weight is 340 g/mol. The zero-order chi connectivity index (χ0) is 16.9. The Bertz CT molecular complexity index is 829. The Morgan fingerprint density at radius 1 is 1.17 bits per heavy atom. The molecule has 1 aromatic carbocycles. The van der Waals surface area contributed by atoms with E-state index >= 15 is 0 Å². The van der Waals surface area contributed by atoms with E-state index in [9.17, 15) is 4.79 Å². The Balaban J connectivity index is 1.74. The van der Waals surface area contributed by atoms with Crippen molar-refractivity contribution in [3.63, 3.8) is 0 Å². The summed E-state index contributed by atoms with van der Waals surface area (Å²) in [5.74, 6) is 0.400. The van der Waals surface area contributed by atoms with Gasteiger partial charge < -0.3 is 9.47 Å². The third-order valence-corrected chi connectivity index (χ3v) is 4.58. The van der Waals surface area contributed by atoms with Crippen LogP contribution in [0.5, 0.6) is 5.75 Å². The average Bonchev–Trinajstić information content (AvgIpc) is 3.02. The Morgan fingerprint density at radius 2 is 1.96 bits per heavy atom. The van der Waals surface area contributed by atoms with Crippen LogP contribution >= 0.6 is 11.3 Å². The fourth-order valence-corrected chi connectivity index (χ4v) is 3.10. The van der Waals surface area contributed by atoms with Gasteiger partial charge in [-0.1, -0.05) is 6.07 Å². The summed E-state index contributed by atoms with van der Waals surface area (Å²) in [4.78, 5) is 21.4. The second-order valence-corrected chi connectivity index (χ2v) is 6.06. The second-order valence-electron chi connectivity index (χ2n) is 5.06. The number of aryl methyl sites for hydroxylation is 1. The predicted molar refractivity (Wildman–Crippen MR) is 92.2 cm³/mol. The molecular formula is C18H16N2O3S. The van der Waals surface area contributed by atoms with Gasteiger partial charge in [-0.25, -0.2) is 9.78 Å². The number of esters is 1. The van der Waals surface area contributed by atoms with E-state index in [4.69, 9.17) is 9.47 Å². The van der Waals surface area contributed by atoms with E-state index in [1.165, 1.54) is 11.3 Å². The summed E-state index contributed by atoms with van der Waals surface area (Å²) in [6.07, 6.45) is 1.67. The molecule has 0 saturated carbocycles. The van der Waals surface area contributed by atoms with Crippen LogP contribution in [0, 0.1) is 6.92 Å². The molecule has 0 N–H and O–H groups in total. The highest BCUT2D eigenvalue weighted by Crippen LogP contribution is 2.29. The number of nitrogens with zero attached hydrogens (tertiary/aromatic N) is 2. The normalized spacial score (nSPS) is 10.4. The molecule has 122 valence electrons. The maximum Gasteiger partial charge on any atom is 0.350 e. The third-order valence-electron chi connectivity index (χ3n) is 3.40. The first-order chi connectivity index (χ1) is 11.7. The van der Waals surface area contributed by atoms with E-state index in [-0.39, 0.29) is 12.6 Å². The first kappa shape index (κ1) is 16.1. The number of aromatic nitrogens is 2. The topological polar surface area (TPSA) is 61.3 Å². The van der Waals surface area contributed by atoms with Crippen molar-refractivity contribution < 1.29 is 14.3 Å². The lowest BCUT2D eigenvalue weighted by Crippen LogP contribution is -2.05. The molecular weight excluding hydrogens is 324 g/mol. The van der Waals surface area contributed by atoms with Crippen LogP contribution in [0.3, 0.4) is 0 Å². The van der Waals surface area contributed by atoms with E-state index in [2.05, 4.69) is 9.97 Å². The van der Waals surface area contributed by atoms with Gasteiger partial charge in [-0.2, -0.15) is 0 Å². The van der Waals surface area contributed by atoms with E-state index in [0.29, 0.717) is 16.3 Å². The molecule has 3 rings (SSSR count). The minimum Gasteiger partial charge on any atom is -0.497 e. The van der Waals surface area contributed by atoms with Gasteiger partial charge in [0, 0.05) is 11.8 Å². The lowest BCUT2D eigenvalue weighted by molar-refractivity contribution is 0.0472. The van der Waals surface area contributed by atoms with Crippen LogP contribution in [-0.4, -0.2) is 23.0 Å². The molecule has 0 aliphatic heterocycles. The van der Waals surface area contributed by atoms with Gasteiger partial charge in [0.25, 0.3) is 0 Å². The molecule has 0 atom stereocenters. The molecule has 2 heterocycles. The van der Waals surface area contributed by atoms with Crippen LogP contribution in [0.4, 0.5) is 0 Å². The lowest BCUT2D eigenvalue weighted by atomic mass is 10.2. The van der Waals surface area contributed by atoms with Gasteiger partial charge in [0.2, 0.25) is 0 Å². The zero-order valence-electron chi connectivity index (χ0n) is 13.4. The molecule has 0 radical (unpaired) electrons. The summed E-state index contributed by atoms with van der Waals surface area (Å²) in [5.41, 5.74) is 2.31. The largest absolute Gasteiger partial charge is 0.497 e. The predicted octanol–water partition coefficient (Wildman–Crippen LogP) is 3.88. The van der Waals surface area contributed by atoms with Crippen molar-refractivity contribution in [2.24, 2.45) is 0 Å². The van der Waals surface area contributed by atoms with Crippen LogP contribution in [-0.2, 0) is 11.3 Å². The molecule has 3 aromatic rings. The number of methoxy groups -OCH3 is 1. The molecule has 2 aromatic heterocycles. The summed E-state index contributed by atoms with van der Waals surface area (Å²) >= 11 is 1.32. The number of pyridine rings is 1. The highest BCUT2D eigenvalue weighted by Gasteiger charge is 2.17. The van der Waals surface area contributed by atoms with Crippen molar-refractivity contribution in [1.82, 2.24) is 9.97 Å². The van der Waals surface area contributed by atoms with Crippen molar-refractivity contribution in [3.05, 3.63) is 64.9 Å². The Hall–Kier alpha value is -2.73. The first-order valence-corrected chi connectivity index (χ1v) is 8.18. The van der Waals surface area contributed by atoms with Crippen molar-refractivity contribution in [2.75, 3.05) is 7.11 Å².